The van der Waals surface area contributed by atoms with Gasteiger partial charge < -0.3 is 9.47 Å². The van der Waals surface area contributed by atoms with Crippen LogP contribution >= 0.6 is 0 Å². The lowest BCUT2D eigenvalue weighted by Crippen LogP contribution is -1.95. The minimum absolute atomic E-state index is 0.124. The summed E-state index contributed by atoms with van der Waals surface area (Å²) in [6.45, 7) is 1.95. The molecule has 10 heavy (non-hydrogen) atoms. The molecule has 1 saturated heterocycles. The zero-order chi connectivity index (χ0) is 7.56. The van der Waals surface area contributed by atoms with Crippen LogP contribution in [0.4, 0.5) is 0 Å². The van der Waals surface area contributed by atoms with E-state index in [0.717, 1.165) is 0 Å². The lowest BCUT2D eigenvalue weighted by molar-refractivity contribution is -0.134. The number of epoxide rings is 1. The number of carbonyl (C=O) groups is 1. The predicted octanol–water partition coefficient (Wildman–Crippen LogP) is 0.503. The van der Waals surface area contributed by atoms with E-state index in [2.05, 4.69) is 4.74 Å². The molecule has 1 fully saturated rings. The van der Waals surface area contributed by atoms with Gasteiger partial charge in [0.1, 0.15) is 6.10 Å². The fraction of sp³-hybridized carbons (Fsp3) is 0.571. The van der Waals surface area contributed by atoms with Gasteiger partial charge in [-0.25, -0.2) is 4.79 Å². The molecule has 1 heterocycles. The van der Waals surface area contributed by atoms with Gasteiger partial charge in [0.2, 0.25) is 0 Å². The summed E-state index contributed by atoms with van der Waals surface area (Å²) >= 11 is 0. The van der Waals surface area contributed by atoms with E-state index in [9.17, 15) is 4.79 Å². The Kier molecular flexibility index (Phi) is 2.06. The highest BCUT2D eigenvalue weighted by molar-refractivity contribution is 5.81. The van der Waals surface area contributed by atoms with Gasteiger partial charge in [0.15, 0.2) is 0 Å². The van der Waals surface area contributed by atoms with Crippen LogP contribution in [-0.2, 0) is 14.3 Å². The number of carbonyl (C=O) groups excluding carboxylic acids is 1. The molecule has 3 nitrogen and oxygen atoms in total. The molecular formula is C7H10O3. The van der Waals surface area contributed by atoms with Crippen molar-refractivity contribution < 1.29 is 14.3 Å². The summed E-state index contributed by atoms with van der Waals surface area (Å²) in [6.07, 6.45) is 3.48. The van der Waals surface area contributed by atoms with E-state index < -0.39 is 0 Å². The largest absolute Gasteiger partial charge is 0.466 e. The number of rotatable bonds is 2. The van der Waals surface area contributed by atoms with Gasteiger partial charge in [-0.05, 0) is 13.0 Å². The summed E-state index contributed by atoms with van der Waals surface area (Å²) in [4.78, 5) is 10.5. The van der Waals surface area contributed by atoms with Crippen LogP contribution in [-0.4, -0.2) is 25.3 Å². The molecular weight excluding hydrogens is 132 g/mol. The average Bonchev–Trinajstić information content (AvgIpc) is 2.61. The molecule has 0 spiro atoms. The van der Waals surface area contributed by atoms with E-state index in [1.54, 1.807) is 6.08 Å². The number of ether oxygens (including phenoxy) is 2. The summed E-state index contributed by atoms with van der Waals surface area (Å²) in [5.41, 5.74) is 0. The number of methoxy groups -OCH3 is 1. The van der Waals surface area contributed by atoms with Gasteiger partial charge >= 0.3 is 5.97 Å². The number of hydrogen-bond acceptors (Lipinski definition) is 3. The van der Waals surface area contributed by atoms with Crippen molar-refractivity contribution in [1.29, 1.82) is 0 Å². The Morgan fingerprint density at radius 2 is 2.30 bits per heavy atom. The first-order chi connectivity index (χ1) is 4.74. The van der Waals surface area contributed by atoms with Crippen molar-refractivity contribution in [2.75, 3.05) is 7.11 Å². The molecule has 0 radical (unpaired) electrons. The van der Waals surface area contributed by atoms with Crippen LogP contribution in [0.5, 0.6) is 0 Å². The Balaban J connectivity index is 2.23. The first-order valence-corrected chi connectivity index (χ1v) is 3.15. The Morgan fingerprint density at radius 1 is 1.70 bits per heavy atom. The van der Waals surface area contributed by atoms with Crippen LogP contribution < -0.4 is 0 Å². The molecule has 0 aromatic rings. The molecule has 0 aromatic heterocycles. The molecule has 2 atom stereocenters. The maximum absolute atomic E-state index is 10.5. The van der Waals surface area contributed by atoms with E-state index in [0.29, 0.717) is 0 Å². The molecule has 0 aliphatic carbocycles. The Bertz CT molecular complexity index is 162. The van der Waals surface area contributed by atoms with Crippen LogP contribution in [0.1, 0.15) is 6.92 Å². The Morgan fingerprint density at radius 3 is 2.70 bits per heavy atom. The SMILES string of the molecule is COC(=O)/C=C\C1OC1C. The molecule has 0 saturated carbocycles. The molecule has 2 unspecified atom stereocenters. The standard InChI is InChI=1S/C7H10O3/c1-5-6(10-5)3-4-7(8)9-2/h3-6H,1-2H3/b4-3-. The van der Waals surface area contributed by atoms with Crippen LogP contribution in [0, 0.1) is 0 Å². The highest BCUT2D eigenvalue weighted by atomic mass is 16.6. The van der Waals surface area contributed by atoms with Gasteiger partial charge in [-0.15, -0.1) is 0 Å². The number of esters is 1. The lowest BCUT2D eigenvalue weighted by Gasteiger charge is -1.86. The van der Waals surface area contributed by atoms with E-state index in [-0.39, 0.29) is 18.2 Å². The topological polar surface area (TPSA) is 38.8 Å². The van der Waals surface area contributed by atoms with Gasteiger partial charge in [0, 0.05) is 6.08 Å². The highest BCUT2D eigenvalue weighted by Crippen LogP contribution is 2.21. The summed E-state index contributed by atoms with van der Waals surface area (Å²) < 4.78 is 9.40. The first kappa shape index (κ1) is 7.28. The van der Waals surface area contributed by atoms with Gasteiger partial charge in [0.05, 0.1) is 13.2 Å². The molecule has 0 bridgehead atoms. The average molecular weight is 142 g/mol. The third-order valence-corrected chi connectivity index (χ3v) is 1.38. The third kappa shape index (κ3) is 1.84. The van der Waals surface area contributed by atoms with E-state index in [1.807, 2.05) is 6.92 Å². The Hall–Kier alpha value is -0.830. The highest BCUT2D eigenvalue weighted by Gasteiger charge is 2.31. The minimum Gasteiger partial charge on any atom is -0.466 e. The minimum atomic E-state index is -0.331. The fourth-order valence-electron chi connectivity index (χ4n) is 0.646. The zero-order valence-corrected chi connectivity index (χ0v) is 6.03. The molecule has 0 amide bonds. The molecule has 1 aliphatic rings. The van der Waals surface area contributed by atoms with Crippen LogP contribution in [0.15, 0.2) is 12.2 Å². The van der Waals surface area contributed by atoms with Crippen LogP contribution in [0.25, 0.3) is 0 Å². The maximum atomic E-state index is 10.5. The summed E-state index contributed by atoms with van der Waals surface area (Å²) in [7, 11) is 1.35. The summed E-state index contributed by atoms with van der Waals surface area (Å²) in [5, 5.41) is 0. The maximum Gasteiger partial charge on any atom is 0.330 e. The second kappa shape index (κ2) is 2.84. The third-order valence-electron chi connectivity index (χ3n) is 1.38. The number of hydrogen-bond donors (Lipinski definition) is 0. The van der Waals surface area contributed by atoms with Gasteiger partial charge in [-0.2, -0.15) is 0 Å². The van der Waals surface area contributed by atoms with Crippen molar-refractivity contribution in [1.82, 2.24) is 0 Å². The monoisotopic (exact) mass is 142 g/mol. The molecule has 1 aliphatic heterocycles. The second-order valence-electron chi connectivity index (χ2n) is 2.19. The van der Waals surface area contributed by atoms with Crippen molar-refractivity contribution in [2.24, 2.45) is 0 Å². The molecule has 3 heteroatoms. The van der Waals surface area contributed by atoms with Crippen molar-refractivity contribution in [2.45, 2.75) is 19.1 Å². The van der Waals surface area contributed by atoms with Crippen LogP contribution in [0.3, 0.4) is 0 Å². The van der Waals surface area contributed by atoms with Crippen molar-refractivity contribution in [3.63, 3.8) is 0 Å². The molecule has 56 valence electrons. The van der Waals surface area contributed by atoms with Gasteiger partial charge in [0.25, 0.3) is 0 Å². The van der Waals surface area contributed by atoms with E-state index in [4.69, 9.17) is 4.74 Å². The fourth-order valence-corrected chi connectivity index (χ4v) is 0.646. The predicted molar refractivity (Wildman–Crippen MR) is 35.5 cm³/mol. The molecule has 1 rings (SSSR count). The smallest absolute Gasteiger partial charge is 0.330 e. The quantitative estimate of drug-likeness (QED) is 0.320. The summed E-state index contributed by atoms with van der Waals surface area (Å²) in [6, 6.07) is 0. The Labute approximate surface area is 59.6 Å². The van der Waals surface area contributed by atoms with Crippen molar-refractivity contribution in [3.05, 3.63) is 12.2 Å². The first-order valence-electron chi connectivity index (χ1n) is 3.15. The normalized spacial score (nSPS) is 30.6. The lowest BCUT2D eigenvalue weighted by atomic mass is 10.3. The molecule has 0 aromatic carbocycles. The van der Waals surface area contributed by atoms with Gasteiger partial charge in [-0.3, -0.25) is 0 Å². The van der Waals surface area contributed by atoms with Gasteiger partial charge in [-0.1, -0.05) is 0 Å². The van der Waals surface area contributed by atoms with Crippen molar-refractivity contribution >= 4 is 5.97 Å². The zero-order valence-electron chi connectivity index (χ0n) is 6.03. The summed E-state index contributed by atoms with van der Waals surface area (Å²) in [5.74, 6) is -0.331. The van der Waals surface area contributed by atoms with E-state index >= 15 is 0 Å². The van der Waals surface area contributed by atoms with Crippen molar-refractivity contribution in [3.8, 4) is 0 Å². The molecule has 0 N–H and O–H groups in total. The second-order valence-corrected chi connectivity index (χ2v) is 2.19. The van der Waals surface area contributed by atoms with E-state index in [1.165, 1.54) is 13.2 Å². The van der Waals surface area contributed by atoms with Crippen LogP contribution in [0.2, 0.25) is 0 Å².